The Hall–Kier alpha value is -1.67. The lowest BCUT2D eigenvalue weighted by molar-refractivity contribution is 0.0531. The molecule has 5 nitrogen and oxygen atoms in total. The number of ether oxygens (including phenoxy) is 1. The summed E-state index contributed by atoms with van der Waals surface area (Å²) in [7, 11) is 0. The van der Waals surface area contributed by atoms with Gasteiger partial charge in [-0.3, -0.25) is 0 Å². The van der Waals surface area contributed by atoms with E-state index in [0.29, 0.717) is 17.7 Å². The second-order valence-corrected chi connectivity index (χ2v) is 5.26. The predicted molar refractivity (Wildman–Crippen MR) is 70.7 cm³/mol. The zero-order valence-electron chi connectivity index (χ0n) is 11.0. The van der Waals surface area contributed by atoms with Crippen LogP contribution < -0.4 is 4.90 Å². The molecule has 100 valence electrons. The van der Waals surface area contributed by atoms with Crippen LogP contribution in [0.5, 0.6) is 0 Å². The number of aromatic nitrogens is 2. The van der Waals surface area contributed by atoms with E-state index >= 15 is 0 Å². The molecule has 5 heteroatoms. The molecule has 19 heavy (non-hydrogen) atoms. The number of piperidine rings is 1. The van der Waals surface area contributed by atoms with Crippen LogP contribution >= 0.6 is 0 Å². The molecule has 0 saturated carbocycles. The van der Waals surface area contributed by atoms with Crippen molar-refractivity contribution in [2.75, 3.05) is 24.6 Å². The highest BCUT2D eigenvalue weighted by Crippen LogP contribution is 2.30. The summed E-state index contributed by atoms with van der Waals surface area (Å²) < 4.78 is 5.78. The summed E-state index contributed by atoms with van der Waals surface area (Å²) >= 11 is 0. The second-order valence-electron chi connectivity index (χ2n) is 5.26. The molecule has 3 rings (SSSR count). The van der Waals surface area contributed by atoms with Crippen LogP contribution in [-0.2, 0) is 4.74 Å². The Bertz CT molecular complexity index is 453. The number of hydrogen-bond acceptors (Lipinski definition) is 5. The maximum absolute atomic E-state index is 8.71. The van der Waals surface area contributed by atoms with Crippen molar-refractivity contribution in [3.05, 3.63) is 17.8 Å². The van der Waals surface area contributed by atoms with E-state index < -0.39 is 0 Å². The fraction of sp³-hybridized carbons (Fsp3) is 0.643. The SMILES string of the molecule is N#Cc1ccc(N2CCC(C3CCCO3)CC2)nn1. The first-order chi connectivity index (χ1) is 9.36. The molecule has 0 spiro atoms. The van der Waals surface area contributed by atoms with Gasteiger partial charge >= 0.3 is 0 Å². The Morgan fingerprint density at radius 3 is 2.63 bits per heavy atom. The second kappa shape index (κ2) is 5.54. The average Bonchev–Trinajstić information content (AvgIpc) is 3.02. The number of nitriles is 1. The van der Waals surface area contributed by atoms with Gasteiger partial charge in [0.05, 0.1) is 6.10 Å². The van der Waals surface area contributed by atoms with E-state index in [9.17, 15) is 0 Å². The van der Waals surface area contributed by atoms with Crippen molar-refractivity contribution >= 4 is 5.82 Å². The van der Waals surface area contributed by atoms with E-state index in [-0.39, 0.29) is 0 Å². The monoisotopic (exact) mass is 258 g/mol. The minimum atomic E-state index is 0.373. The first-order valence-electron chi connectivity index (χ1n) is 6.97. The van der Waals surface area contributed by atoms with Crippen LogP contribution in [0.2, 0.25) is 0 Å². The van der Waals surface area contributed by atoms with Gasteiger partial charge in [-0.05, 0) is 43.7 Å². The first-order valence-corrected chi connectivity index (χ1v) is 6.97. The molecule has 1 unspecified atom stereocenters. The summed E-state index contributed by atoms with van der Waals surface area (Å²) in [6, 6.07) is 5.61. The lowest BCUT2D eigenvalue weighted by Crippen LogP contribution is -2.38. The molecule has 3 heterocycles. The molecule has 2 saturated heterocycles. The van der Waals surface area contributed by atoms with Crippen molar-refractivity contribution in [3.8, 4) is 6.07 Å². The average molecular weight is 258 g/mol. The van der Waals surface area contributed by atoms with Crippen LogP contribution in [0.15, 0.2) is 12.1 Å². The highest BCUT2D eigenvalue weighted by molar-refractivity contribution is 5.39. The summed E-state index contributed by atoms with van der Waals surface area (Å²) in [6.45, 7) is 2.95. The Balaban J connectivity index is 1.58. The molecule has 0 amide bonds. The van der Waals surface area contributed by atoms with Crippen LogP contribution in [0.1, 0.15) is 31.4 Å². The van der Waals surface area contributed by atoms with E-state index in [1.54, 1.807) is 6.07 Å². The zero-order valence-corrected chi connectivity index (χ0v) is 11.0. The van der Waals surface area contributed by atoms with Gasteiger partial charge in [-0.15, -0.1) is 10.2 Å². The summed E-state index contributed by atoms with van der Waals surface area (Å²) in [5.41, 5.74) is 0.373. The van der Waals surface area contributed by atoms with Crippen molar-refractivity contribution in [2.45, 2.75) is 31.8 Å². The van der Waals surface area contributed by atoms with Crippen molar-refractivity contribution < 1.29 is 4.74 Å². The van der Waals surface area contributed by atoms with E-state index in [2.05, 4.69) is 15.1 Å². The van der Waals surface area contributed by atoms with Crippen molar-refractivity contribution in [1.82, 2.24) is 10.2 Å². The van der Waals surface area contributed by atoms with Crippen LogP contribution in [-0.4, -0.2) is 36.0 Å². The lowest BCUT2D eigenvalue weighted by atomic mass is 9.90. The molecule has 0 aromatic carbocycles. The topological polar surface area (TPSA) is 62.0 Å². The van der Waals surface area contributed by atoms with Gasteiger partial charge < -0.3 is 9.64 Å². The smallest absolute Gasteiger partial charge is 0.163 e. The number of rotatable bonds is 2. The van der Waals surface area contributed by atoms with Crippen LogP contribution in [0.4, 0.5) is 5.82 Å². The molecule has 2 fully saturated rings. The molecular formula is C14H18N4O. The summed E-state index contributed by atoms with van der Waals surface area (Å²) in [4.78, 5) is 2.25. The molecule has 1 aromatic heterocycles. The van der Waals surface area contributed by atoms with Gasteiger partial charge in [0.2, 0.25) is 0 Å². The fourth-order valence-electron chi connectivity index (χ4n) is 3.03. The molecular weight excluding hydrogens is 240 g/mol. The van der Waals surface area contributed by atoms with E-state index in [1.165, 1.54) is 12.8 Å². The first kappa shape index (κ1) is 12.4. The Labute approximate surface area is 113 Å². The number of anilines is 1. The molecule has 2 aliphatic rings. The summed E-state index contributed by atoms with van der Waals surface area (Å²) in [5.74, 6) is 1.58. The third-order valence-corrected chi connectivity index (χ3v) is 4.12. The van der Waals surface area contributed by atoms with Gasteiger partial charge in [0.25, 0.3) is 0 Å². The highest BCUT2D eigenvalue weighted by Gasteiger charge is 2.29. The third-order valence-electron chi connectivity index (χ3n) is 4.12. The molecule has 0 N–H and O–H groups in total. The minimum Gasteiger partial charge on any atom is -0.378 e. The molecule has 2 aliphatic heterocycles. The van der Waals surface area contributed by atoms with Crippen LogP contribution in [0.25, 0.3) is 0 Å². The van der Waals surface area contributed by atoms with Crippen molar-refractivity contribution in [3.63, 3.8) is 0 Å². The molecule has 0 bridgehead atoms. The highest BCUT2D eigenvalue weighted by atomic mass is 16.5. The summed E-state index contributed by atoms with van der Waals surface area (Å²) in [6.07, 6.45) is 5.24. The van der Waals surface area contributed by atoms with E-state index in [0.717, 1.165) is 38.4 Å². The van der Waals surface area contributed by atoms with Gasteiger partial charge in [0.1, 0.15) is 6.07 Å². The van der Waals surface area contributed by atoms with Gasteiger partial charge in [-0.1, -0.05) is 0 Å². The maximum Gasteiger partial charge on any atom is 0.163 e. The number of nitrogens with zero attached hydrogens (tertiary/aromatic N) is 4. The maximum atomic E-state index is 8.71. The quantitative estimate of drug-likeness (QED) is 0.808. The fourth-order valence-corrected chi connectivity index (χ4v) is 3.03. The molecule has 1 atom stereocenters. The van der Waals surface area contributed by atoms with Crippen LogP contribution in [0, 0.1) is 17.2 Å². The zero-order chi connectivity index (χ0) is 13.1. The largest absolute Gasteiger partial charge is 0.378 e. The van der Waals surface area contributed by atoms with Crippen LogP contribution in [0.3, 0.4) is 0 Å². The van der Waals surface area contributed by atoms with E-state index in [4.69, 9.17) is 10.00 Å². The van der Waals surface area contributed by atoms with Gasteiger partial charge in [-0.25, -0.2) is 0 Å². The lowest BCUT2D eigenvalue weighted by Gasteiger charge is -2.34. The molecule has 0 radical (unpaired) electrons. The third kappa shape index (κ3) is 2.69. The van der Waals surface area contributed by atoms with Crippen molar-refractivity contribution in [1.29, 1.82) is 5.26 Å². The van der Waals surface area contributed by atoms with Gasteiger partial charge in [-0.2, -0.15) is 5.26 Å². The standard InChI is InChI=1S/C14H18N4O/c15-10-12-3-4-14(17-16-12)18-7-5-11(6-8-18)13-2-1-9-19-13/h3-4,11,13H,1-2,5-9H2. The molecule has 0 aliphatic carbocycles. The van der Waals surface area contributed by atoms with Gasteiger partial charge in [0.15, 0.2) is 11.5 Å². The predicted octanol–water partition coefficient (Wildman–Crippen LogP) is 1.74. The van der Waals surface area contributed by atoms with Crippen molar-refractivity contribution in [2.24, 2.45) is 5.92 Å². The summed E-state index contributed by atoms with van der Waals surface area (Å²) in [5, 5.41) is 16.7. The Morgan fingerprint density at radius 1 is 1.21 bits per heavy atom. The number of hydrogen-bond donors (Lipinski definition) is 0. The Morgan fingerprint density at radius 2 is 2.05 bits per heavy atom. The van der Waals surface area contributed by atoms with E-state index in [1.807, 2.05) is 12.1 Å². The molecule has 1 aromatic rings. The normalized spacial score (nSPS) is 24.4. The Kier molecular flexibility index (Phi) is 3.60. The van der Waals surface area contributed by atoms with Gasteiger partial charge in [0, 0.05) is 19.7 Å². The minimum absolute atomic E-state index is 0.373.